The lowest BCUT2D eigenvalue weighted by Crippen LogP contribution is -2.30. The van der Waals surface area contributed by atoms with Crippen molar-refractivity contribution in [1.29, 1.82) is 0 Å². The standard InChI is InChI=1S/C16H17N5O2/c1-10(2)14(21-9-17-8-19-21)16(23)20-12-3-4-13-11(7-12)5-6-18-15(13)22/h3-10,14H,1-2H3,(H,18,22)(H,20,23). The molecule has 0 spiro atoms. The molecular weight excluding hydrogens is 294 g/mol. The maximum Gasteiger partial charge on any atom is 0.255 e. The van der Waals surface area contributed by atoms with Crippen LogP contribution < -0.4 is 10.9 Å². The summed E-state index contributed by atoms with van der Waals surface area (Å²) >= 11 is 0. The van der Waals surface area contributed by atoms with Crippen LogP contribution in [0.2, 0.25) is 0 Å². The molecular formula is C16H17N5O2. The van der Waals surface area contributed by atoms with Gasteiger partial charge in [0.25, 0.3) is 5.56 Å². The Morgan fingerprint density at radius 2 is 2.13 bits per heavy atom. The van der Waals surface area contributed by atoms with E-state index in [0.29, 0.717) is 11.1 Å². The zero-order chi connectivity index (χ0) is 16.4. The Labute approximate surface area is 132 Å². The summed E-state index contributed by atoms with van der Waals surface area (Å²) in [4.78, 5) is 30.8. The highest BCUT2D eigenvalue weighted by Gasteiger charge is 2.24. The first kappa shape index (κ1) is 15.0. The van der Waals surface area contributed by atoms with Gasteiger partial charge in [-0.25, -0.2) is 9.67 Å². The van der Waals surface area contributed by atoms with E-state index in [0.717, 1.165) is 5.39 Å². The van der Waals surface area contributed by atoms with Gasteiger partial charge in [-0.1, -0.05) is 13.8 Å². The van der Waals surface area contributed by atoms with E-state index in [4.69, 9.17) is 0 Å². The number of amides is 1. The largest absolute Gasteiger partial charge is 0.329 e. The van der Waals surface area contributed by atoms with Gasteiger partial charge in [0.1, 0.15) is 18.7 Å². The molecule has 0 saturated carbocycles. The molecule has 23 heavy (non-hydrogen) atoms. The van der Waals surface area contributed by atoms with Gasteiger partial charge >= 0.3 is 0 Å². The third-order valence-corrected chi connectivity index (χ3v) is 3.66. The van der Waals surface area contributed by atoms with Crippen LogP contribution in [-0.4, -0.2) is 25.7 Å². The molecule has 0 aliphatic rings. The predicted molar refractivity (Wildman–Crippen MR) is 87.1 cm³/mol. The number of aromatic amines is 1. The summed E-state index contributed by atoms with van der Waals surface area (Å²) < 4.78 is 1.55. The summed E-state index contributed by atoms with van der Waals surface area (Å²) in [6, 6.07) is 6.54. The summed E-state index contributed by atoms with van der Waals surface area (Å²) in [5, 5.41) is 8.30. The second-order valence-corrected chi connectivity index (χ2v) is 5.66. The van der Waals surface area contributed by atoms with Crippen molar-refractivity contribution < 1.29 is 4.79 Å². The van der Waals surface area contributed by atoms with Crippen molar-refractivity contribution in [3.63, 3.8) is 0 Å². The molecule has 0 fully saturated rings. The molecule has 1 atom stereocenters. The van der Waals surface area contributed by atoms with Crippen molar-refractivity contribution in [3.8, 4) is 0 Å². The van der Waals surface area contributed by atoms with Gasteiger partial charge in [0, 0.05) is 17.3 Å². The minimum absolute atomic E-state index is 0.0556. The van der Waals surface area contributed by atoms with Crippen LogP contribution in [0.5, 0.6) is 0 Å². The van der Waals surface area contributed by atoms with E-state index in [1.807, 2.05) is 13.8 Å². The highest BCUT2D eigenvalue weighted by molar-refractivity contribution is 5.96. The lowest BCUT2D eigenvalue weighted by atomic mass is 10.0. The molecule has 2 N–H and O–H groups in total. The lowest BCUT2D eigenvalue weighted by molar-refractivity contribution is -0.120. The first-order chi connectivity index (χ1) is 11.1. The van der Waals surface area contributed by atoms with Gasteiger partial charge in [-0.05, 0) is 35.6 Å². The number of nitrogens with zero attached hydrogens (tertiary/aromatic N) is 3. The number of H-pyrrole nitrogens is 1. The molecule has 2 aromatic heterocycles. The third kappa shape index (κ3) is 2.98. The zero-order valence-corrected chi connectivity index (χ0v) is 12.9. The number of fused-ring (bicyclic) bond motifs is 1. The van der Waals surface area contributed by atoms with Crippen LogP contribution >= 0.6 is 0 Å². The number of hydrogen-bond donors (Lipinski definition) is 2. The molecule has 7 nitrogen and oxygen atoms in total. The number of pyridine rings is 1. The molecule has 1 unspecified atom stereocenters. The molecule has 0 aliphatic carbocycles. The zero-order valence-electron chi connectivity index (χ0n) is 12.9. The minimum atomic E-state index is -0.452. The quantitative estimate of drug-likeness (QED) is 0.770. The fraction of sp³-hybridized carbons (Fsp3) is 0.250. The van der Waals surface area contributed by atoms with E-state index in [-0.39, 0.29) is 17.4 Å². The molecule has 3 rings (SSSR count). The normalized spacial score (nSPS) is 12.5. The van der Waals surface area contributed by atoms with Crippen molar-refractivity contribution in [2.75, 3.05) is 5.32 Å². The predicted octanol–water partition coefficient (Wildman–Crippen LogP) is 1.96. The van der Waals surface area contributed by atoms with Crippen molar-refractivity contribution in [2.24, 2.45) is 5.92 Å². The number of nitrogens with one attached hydrogen (secondary N) is 2. The average Bonchev–Trinajstić information content (AvgIpc) is 3.01. The number of hydrogen-bond acceptors (Lipinski definition) is 4. The van der Waals surface area contributed by atoms with Crippen molar-refractivity contribution in [1.82, 2.24) is 19.7 Å². The molecule has 7 heteroatoms. The SMILES string of the molecule is CC(C)C(C(=O)Nc1ccc2c(=O)[nH]ccc2c1)n1cncn1. The number of carbonyl (C=O) groups excluding carboxylic acids is 1. The number of rotatable bonds is 4. The Balaban J connectivity index is 1.88. The van der Waals surface area contributed by atoms with Crippen molar-refractivity contribution >= 4 is 22.4 Å². The molecule has 3 aromatic rings. The lowest BCUT2D eigenvalue weighted by Gasteiger charge is -2.20. The minimum Gasteiger partial charge on any atom is -0.329 e. The molecule has 0 saturated heterocycles. The summed E-state index contributed by atoms with van der Waals surface area (Å²) in [6.07, 6.45) is 4.53. The second kappa shape index (κ2) is 6.04. The Bertz CT molecular complexity index is 883. The number of anilines is 1. The Hall–Kier alpha value is -2.96. The fourth-order valence-corrected chi connectivity index (χ4v) is 2.58. The van der Waals surface area contributed by atoms with Gasteiger partial charge in [-0.2, -0.15) is 5.10 Å². The molecule has 1 amide bonds. The van der Waals surface area contributed by atoms with E-state index in [1.54, 1.807) is 35.1 Å². The molecule has 1 aromatic carbocycles. The molecule has 0 bridgehead atoms. The molecule has 0 radical (unpaired) electrons. The molecule has 118 valence electrons. The smallest absolute Gasteiger partial charge is 0.255 e. The van der Waals surface area contributed by atoms with Crippen LogP contribution in [0.1, 0.15) is 19.9 Å². The topological polar surface area (TPSA) is 92.7 Å². The first-order valence-corrected chi connectivity index (χ1v) is 7.32. The van der Waals surface area contributed by atoms with E-state index in [1.165, 1.54) is 12.7 Å². The van der Waals surface area contributed by atoms with E-state index in [2.05, 4.69) is 20.4 Å². The summed E-state index contributed by atoms with van der Waals surface area (Å²) in [6.45, 7) is 3.90. The molecule has 2 heterocycles. The van der Waals surface area contributed by atoms with Crippen LogP contribution in [-0.2, 0) is 4.79 Å². The van der Waals surface area contributed by atoms with Gasteiger partial charge in [0.2, 0.25) is 5.91 Å². The maximum atomic E-state index is 12.6. The van der Waals surface area contributed by atoms with Gasteiger partial charge < -0.3 is 10.3 Å². The highest BCUT2D eigenvalue weighted by Crippen LogP contribution is 2.21. The van der Waals surface area contributed by atoms with Crippen molar-refractivity contribution in [2.45, 2.75) is 19.9 Å². The van der Waals surface area contributed by atoms with E-state index in [9.17, 15) is 9.59 Å². The molecule has 0 aliphatic heterocycles. The fourth-order valence-electron chi connectivity index (χ4n) is 2.58. The summed E-state index contributed by atoms with van der Waals surface area (Å²) in [5.74, 6) is -0.116. The van der Waals surface area contributed by atoms with Crippen LogP contribution in [0.3, 0.4) is 0 Å². The number of carbonyl (C=O) groups is 1. The van der Waals surface area contributed by atoms with Crippen molar-refractivity contribution in [3.05, 3.63) is 53.5 Å². The van der Waals surface area contributed by atoms with Crippen LogP contribution in [0.4, 0.5) is 5.69 Å². The first-order valence-electron chi connectivity index (χ1n) is 7.32. The Morgan fingerprint density at radius 3 is 2.83 bits per heavy atom. The van der Waals surface area contributed by atoms with Crippen LogP contribution in [0, 0.1) is 5.92 Å². The Morgan fingerprint density at radius 1 is 1.30 bits per heavy atom. The van der Waals surface area contributed by atoms with E-state index >= 15 is 0 Å². The van der Waals surface area contributed by atoms with E-state index < -0.39 is 6.04 Å². The third-order valence-electron chi connectivity index (χ3n) is 3.66. The van der Waals surface area contributed by atoms with Crippen LogP contribution in [0.15, 0.2) is 47.9 Å². The van der Waals surface area contributed by atoms with Crippen LogP contribution in [0.25, 0.3) is 10.8 Å². The van der Waals surface area contributed by atoms with Gasteiger partial charge in [-0.15, -0.1) is 0 Å². The maximum absolute atomic E-state index is 12.6. The number of benzene rings is 1. The summed E-state index contributed by atoms with van der Waals surface area (Å²) in [7, 11) is 0. The summed E-state index contributed by atoms with van der Waals surface area (Å²) in [5.41, 5.74) is 0.488. The highest BCUT2D eigenvalue weighted by atomic mass is 16.2. The average molecular weight is 311 g/mol. The number of aromatic nitrogens is 4. The van der Waals surface area contributed by atoms with Gasteiger partial charge in [0.15, 0.2) is 0 Å². The van der Waals surface area contributed by atoms with Gasteiger partial charge in [-0.3, -0.25) is 9.59 Å². The second-order valence-electron chi connectivity index (χ2n) is 5.66. The Kier molecular flexibility index (Phi) is 3.92. The monoisotopic (exact) mass is 311 g/mol. The van der Waals surface area contributed by atoms with Gasteiger partial charge in [0.05, 0.1) is 0 Å².